The lowest BCUT2D eigenvalue weighted by atomic mass is 10.0. The van der Waals surface area contributed by atoms with Crippen LogP contribution in [0.2, 0.25) is 0 Å². The van der Waals surface area contributed by atoms with E-state index in [1.807, 2.05) is 18.2 Å². The summed E-state index contributed by atoms with van der Waals surface area (Å²) in [7, 11) is 0. The number of hydrogen-bond donors (Lipinski definition) is 0. The van der Waals surface area contributed by atoms with Gasteiger partial charge in [-0.05, 0) is 80.8 Å². The van der Waals surface area contributed by atoms with E-state index in [1.165, 1.54) is 48.7 Å². The Balaban J connectivity index is 1.03. The van der Waals surface area contributed by atoms with Crippen LogP contribution >= 0.6 is 0 Å². The molecule has 0 N–H and O–H groups in total. The van der Waals surface area contributed by atoms with Crippen LogP contribution in [0.15, 0.2) is 212 Å². The maximum atomic E-state index is 5.18. The van der Waals surface area contributed by atoms with Crippen molar-refractivity contribution in [3.8, 4) is 45.5 Å². The molecular weight excluding hydrogens is 755 g/mol. The Hall–Kier alpha value is -8.41. The van der Waals surface area contributed by atoms with Crippen LogP contribution in [0.5, 0.6) is 0 Å². The smallest absolute Gasteiger partial charge is 0.164 e. The Bertz CT molecular complexity index is 3920. The summed E-state index contributed by atoms with van der Waals surface area (Å²) in [6, 6.07) is 75.7. The Morgan fingerprint density at radius 3 is 1.77 bits per heavy atom. The maximum absolute atomic E-state index is 5.18. The van der Waals surface area contributed by atoms with Gasteiger partial charge in [-0.25, -0.2) is 15.0 Å². The molecule has 13 rings (SSSR count). The van der Waals surface area contributed by atoms with Crippen LogP contribution in [-0.4, -0.2) is 24.1 Å². The molecule has 0 aliphatic rings. The summed E-state index contributed by atoms with van der Waals surface area (Å²) in [4.78, 5) is 15.4. The fraction of sp³-hybridized carbons (Fsp3) is 0. The lowest BCUT2D eigenvalue weighted by molar-refractivity contribution is 1.08. The molecule has 3 heterocycles. The van der Waals surface area contributed by atoms with Crippen molar-refractivity contribution >= 4 is 75.9 Å². The lowest BCUT2D eigenvalue weighted by Crippen LogP contribution is -2.01. The van der Waals surface area contributed by atoms with Gasteiger partial charge in [0.15, 0.2) is 17.5 Å². The van der Waals surface area contributed by atoms with Crippen LogP contribution in [0.25, 0.3) is 121 Å². The first kappa shape index (κ1) is 34.5. The van der Waals surface area contributed by atoms with Crippen molar-refractivity contribution in [2.45, 2.75) is 0 Å². The van der Waals surface area contributed by atoms with Gasteiger partial charge in [-0.2, -0.15) is 0 Å². The highest BCUT2D eigenvalue weighted by molar-refractivity contribution is 6.30. The van der Waals surface area contributed by atoms with Crippen LogP contribution in [0.1, 0.15) is 0 Å². The number of para-hydroxylation sites is 2. The molecule has 0 saturated carbocycles. The van der Waals surface area contributed by atoms with E-state index >= 15 is 0 Å². The molecule has 13 aromatic rings. The van der Waals surface area contributed by atoms with Gasteiger partial charge in [0.25, 0.3) is 0 Å². The zero-order chi connectivity index (χ0) is 40.7. The predicted octanol–water partition coefficient (Wildman–Crippen LogP) is 14.5. The summed E-state index contributed by atoms with van der Waals surface area (Å²) in [6.07, 6.45) is 0. The first-order valence-corrected chi connectivity index (χ1v) is 21.0. The van der Waals surface area contributed by atoms with Crippen molar-refractivity contribution in [3.63, 3.8) is 0 Å². The molecule has 0 bridgehead atoms. The molecule has 0 unspecified atom stereocenters. The van der Waals surface area contributed by atoms with Gasteiger partial charge in [0.05, 0.1) is 22.1 Å². The van der Waals surface area contributed by atoms with Gasteiger partial charge in [-0.1, -0.05) is 164 Å². The molecule has 3 aromatic heterocycles. The first-order chi connectivity index (χ1) is 30.7. The van der Waals surface area contributed by atoms with Crippen molar-refractivity contribution in [1.82, 2.24) is 24.1 Å². The zero-order valence-electron chi connectivity index (χ0n) is 33.4. The Morgan fingerprint density at radius 2 is 0.919 bits per heavy atom. The van der Waals surface area contributed by atoms with E-state index in [2.05, 4.69) is 203 Å². The molecular formula is C57H35N5. The topological polar surface area (TPSA) is 48.5 Å². The summed E-state index contributed by atoms with van der Waals surface area (Å²) >= 11 is 0. The van der Waals surface area contributed by atoms with Gasteiger partial charge in [0.2, 0.25) is 0 Å². The summed E-state index contributed by atoms with van der Waals surface area (Å²) in [5.74, 6) is 1.93. The standard InChI is InChI=1S/C57H35N5/c1-3-16-38(17-4-1)55-58-56(41-27-26-36-14-7-8-18-39(36)34-41)60-57(59-55)46-24-13-19-40-35-43(29-30-44(40)46)61-49-25-12-11-23-47(49)53-51(61)33-31-48-52-45-22-10-9-15-37(45)28-32-50(52)62(54(48)53)42-20-5-2-6-21-42/h1-35H. The molecule has 288 valence electrons. The molecule has 0 aliphatic heterocycles. The third-order valence-electron chi connectivity index (χ3n) is 12.5. The number of benzene rings is 10. The van der Waals surface area contributed by atoms with E-state index in [1.54, 1.807) is 0 Å². The van der Waals surface area contributed by atoms with E-state index in [0.29, 0.717) is 17.5 Å². The van der Waals surface area contributed by atoms with Crippen LogP contribution in [-0.2, 0) is 0 Å². The average molecular weight is 790 g/mol. The molecule has 0 amide bonds. The van der Waals surface area contributed by atoms with Gasteiger partial charge < -0.3 is 9.13 Å². The summed E-state index contributed by atoms with van der Waals surface area (Å²) in [5.41, 5.74) is 9.81. The third kappa shape index (κ3) is 5.25. The van der Waals surface area contributed by atoms with E-state index in [-0.39, 0.29) is 0 Å². The van der Waals surface area contributed by atoms with Crippen molar-refractivity contribution in [3.05, 3.63) is 212 Å². The molecule has 0 radical (unpaired) electrons. The number of rotatable bonds is 5. The average Bonchev–Trinajstić information content (AvgIpc) is 3.87. The molecule has 0 atom stereocenters. The van der Waals surface area contributed by atoms with Gasteiger partial charge in [0, 0.05) is 49.6 Å². The van der Waals surface area contributed by atoms with Crippen molar-refractivity contribution in [1.29, 1.82) is 0 Å². The van der Waals surface area contributed by atoms with E-state index in [9.17, 15) is 0 Å². The first-order valence-electron chi connectivity index (χ1n) is 21.0. The Kier molecular flexibility index (Phi) is 7.54. The lowest BCUT2D eigenvalue weighted by Gasteiger charge is -2.13. The quantitative estimate of drug-likeness (QED) is 0.174. The number of hydrogen-bond acceptors (Lipinski definition) is 3. The Morgan fingerprint density at radius 1 is 0.290 bits per heavy atom. The monoisotopic (exact) mass is 789 g/mol. The van der Waals surface area contributed by atoms with E-state index in [4.69, 9.17) is 15.0 Å². The third-order valence-corrected chi connectivity index (χ3v) is 12.5. The van der Waals surface area contributed by atoms with E-state index < -0.39 is 0 Å². The van der Waals surface area contributed by atoms with Crippen LogP contribution < -0.4 is 0 Å². The largest absolute Gasteiger partial charge is 0.309 e. The SMILES string of the molecule is c1ccc(-c2nc(-c3ccc4ccccc4c3)nc(-c3cccc4cc(-n5c6ccccc6c6c5ccc5c7c8ccccc8ccc7n(-c7ccccc7)c56)ccc34)n2)cc1. The Labute approximate surface area is 356 Å². The van der Waals surface area contributed by atoms with Crippen LogP contribution in [0.3, 0.4) is 0 Å². The normalized spacial score (nSPS) is 11.9. The molecule has 0 saturated heterocycles. The summed E-state index contributed by atoms with van der Waals surface area (Å²) < 4.78 is 4.89. The van der Waals surface area contributed by atoms with Gasteiger partial charge in [-0.15, -0.1) is 0 Å². The van der Waals surface area contributed by atoms with Gasteiger partial charge in [0.1, 0.15) is 0 Å². The second-order valence-electron chi connectivity index (χ2n) is 16.0. The molecule has 62 heavy (non-hydrogen) atoms. The zero-order valence-corrected chi connectivity index (χ0v) is 33.4. The fourth-order valence-electron chi connectivity index (χ4n) is 9.72. The highest BCUT2D eigenvalue weighted by Gasteiger charge is 2.22. The highest BCUT2D eigenvalue weighted by atomic mass is 15.0. The van der Waals surface area contributed by atoms with Crippen LogP contribution in [0.4, 0.5) is 0 Å². The number of aromatic nitrogens is 5. The number of fused-ring (bicyclic) bond motifs is 11. The molecule has 0 aliphatic carbocycles. The molecule has 5 heteroatoms. The van der Waals surface area contributed by atoms with Gasteiger partial charge in [-0.3, -0.25) is 0 Å². The fourth-order valence-corrected chi connectivity index (χ4v) is 9.72. The molecule has 10 aromatic carbocycles. The summed E-state index contributed by atoms with van der Waals surface area (Å²) in [6.45, 7) is 0. The second kappa shape index (κ2) is 13.6. The second-order valence-corrected chi connectivity index (χ2v) is 16.0. The molecule has 0 fully saturated rings. The minimum absolute atomic E-state index is 0.640. The van der Waals surface area contributed by atoms with Gasteiger partial charge >= 0.3 is 0 Å². The minimum atomic E-state index is 0.640. The summed E-state index contributed by atoms with van der Waals surface area (Å²) in [5, 5.41) is 12.0. The highest BCUT2D eigenvalue weighted by Crippen LogP contribution is 2.44. The van der Waals surface area contributed by atoms with Crippen LogP contribution in [0, 0.1) is 0 Å². The van der Waals surface area contributed by atoms with Crippen molar-refractivity contribution < 1.29 is 0 Å². The van der Waals surface area contributed by atoms with E-state index in [0.717, 1.165) is 55.3 Å². The predicted molar refractivity (Wildman–Crippen MR) is 257 cm³/mol. The van der Waals surface area contributed by atoms with Crippen molar-refractivity contribution in [2.75, 3.05) is 0 Å². The van der Waals surface area contributed by atoms with Crippen molar-refractivity contribution in [2.24, 2.45) is 0 Å². The maximum Gasteiger partial charge on any atom is 0.164 e. The number of nitrogens with zero attached hydrogens (tertiary/aromatic N) is 5. The minimum Gasteiger partial charge on any atom is -0.309 e. The molecule has 0 spiro atoms. The molecule has 5 nitrogen and oxygen atoms in total.